The van der Waals surface area contributed by atoms with Gasteiger partial charge in [0.05, 0.1) is 14.1 Å². The molecule has 0 aromatic heterocycles. The highest BCUT2D eigenvalue weighted by atomic mass is 16.2. The van der Waals surface area contributed by atoms with Crippen molar-refractivity contribution in [2.24, 2.45) is 4.99 Å². The van der Waals surface area contributed by atoms with E-state index in [1.54, 1.807) is 6.21 Å². The Bertz CT molecular complexity index is 444. The average Bonchev–Trinajstić information content (AvgIpc) is 2.23. The van der Waals surface area contributed by atoms with Crippen LogP contribution in [0.5, 0.6) is 0 Å². The van der Waals surface area contributed by atoms with Crippen molar-refractivity contribution in [2.45, 2.75) is 0 Å². The Kier molecular flexibility index (Phi) is 2.25. The van der Waals surface area contributed by atoms with Gasteiger partial charge in [0.25, 0.3) is 0 Å². The summed E-state index contributed by atoms with van der Waals surface area (Å²) >= 11 is 0. The number of rotatable bonds is 1. The molecular weight excluding hydrogens is 188 g/mol. The lowest BCUT2D eigenvalue weighted by Crippen LogP contribution is -2.43. The van der Waals surface area contributed by atoms with Gasteiger partial charge in [-0.1, -0.05) is 18.2 Å². The Morgan fingerprint density at radius 3 is 2.47 bits per heavy atom. The summed E-state index contributed by atoms with van der Waals surface area (Å²) in [5, 5.41) is 0. The number of aliphatic imine (C=N–C) groups is 1. The number of carbonyl (C=O) groups is 1. The summed E-state index contributed by atoms with van der Waals surface area (Å²) in [6, 6.07) is 9.74. The van der Waals surface area contributed by atoms with E-state index in [9.17, 15) is 4.79 Å². The molecule has 1 aromatic rings. The van der Waals surface area contributed by atoms with Crippen LogP contribution < -0.4 is 0 Å². The van der Waals surface area contributed by atoms with E-state index in [0.717, 1.165) is 11.3 Å². The van der Waals surface area contributed by atoms with Crippen LogP contribution in [0.1, 0.15) is 5.56 Å². The van der Waals surface area contributed by atoms with E-state index in [2.05, 4.69) is 4.99 Å². The van der Waals surface area contributed by atoms with Crippen molar-refractivity contribution in [1.29, 1.82) is 0 Å². The molecule has 0 bridgehead atoms. The third-order valence-electron chi connectivity index (χ3n) is 2.57. The van der Waals surface area contributed by atoms with Gasteiger partial charge >= 0.3 is 6.03 Å². The molecule has 0 unspecified atom stereocenters. The Morgan fingerprint density at radius 2 is 1.80 bits per heavy atom. The lowest BCUT2D eigenvalue weighted by Gasteiger charge is -2.28. The molecule has 15 heavy (non-hydrogen) atoms. The van der Waals surface area contributed by atoms with E-state index < -0.39 is 0 Å². The largest absolute Gasteiger partial charge is 0.447 e. The van der Waals surface area contributed by atoms with Gasteiger partial charge in [-0.25, -0.2) is 9.28 Å². The van der Waals surface area contributed by atoms with Crippen molar-refractivity contribution in [3.05, 3.63) is 42.0 Å². The van der Waals surface area contributed by atoms with E-state index in [-0.39, 0.29) is 10.5 Å². The van der Waals surface area contributed by atoms with Crippen LogP contribution in [0.15, 0.2) is 41.4 Å². The van der Waals surface area contributed by atoms with Gasteiger partial charge in [-0.05, 0) is 12.1 Å². The first-order valence-electron chi connectivity index (χ1n) is 4.81. The van der Waals surface area contributed by atoms with Gasteiger partial charge in [-0.2, -0.15) is 4.99 Å². The standard InChI is InChI=1S/C12H13N2O/c1-14(2)11(8-9-13-12(14)15)10-6-4-3-5-7-10/h3-9H,1-2H3/q+1. The van der Waals surface area contributed by atoms with Gasteiger partial charge in [0, 0.05) is 17.9 Å². The van der Waals surface area contributed by atoms with Gasteiger partial charge in [-0.3, -0.25) is 0 Å². The lowest BCUT2D eigenvalue weighted by molar-refractivity contribution is -0.730. The summed E-state index contributed by atoms with van der Waals surface area (Å²) in [5.41, 5.74) is 2.03. The van der Waals surface area contributed by atoms with Crippen LogP contribution in [0.2, 0.25) is 0 Å². The van der Waals surface area contributed by atoms with Crippen LogP contribution in [-0.2, 0) is 0 Å². The van der Waals surface area contributed by atoms with Crippen molar-refractivity contribution in [2.75, 3.05) is 14.1 Å². The van der Waals surface area contributed by atoms with Gasteiger partial charge < -0.3 is 0 Å². The van der Waals surface area contributed by atoms with E-state index in [1.165, 1.54) is 0 Å². The molecule has 3 nitrogen and oxygen atoms in total. The summed E-state index contributed by atoms with van der Waals surface area (Å²) < 4.78 is 0.167. The van der Waals surface area contributed by atoms with Crippen molar-refractivity contribution in [3.63, 3.8) is 0 Å². The minimum atomic E-state index is -0.142. The zero-order valence-corrected chi connectivity index (χ0v) is 8.84. The molecule has 0 spiro atoms. The number of carbonyl (C=O) groups excluding carboxylic acids is 1. The maximum absolute atomic E-state index is 11.6. The SMILES string of the molecule is C[N+]1(C)C(=O)N=CC=C1c1ccccc1. The Morgan fingerprint density at radius 1 is 1.13 bits per heavy atom. The summed E-state index contributed by atoms with van der Waals surface area (Å²) in [4.78, 5) is 15.4. The number of amides is 2. The maximum atomic E-state index is 11.6. The lowest BCUT2D eigenvalue weighted by atomic mass is 10.1. The molecule has 0 atom stereocenters. The first-order valence-corrected chi connectivity index (χ1v) is 4.81. The first-order chi connectivity index (χ1) is 7.12. The molecular formula is C12H13N2O+. The average molecular weight is 201 g/mol. The van der Waals surface area contributed by atoms with Crippen LogP contribution in [0.4, 0.5) is 4.79 Å². The van der Waals surface area contributed by atoms with E-state index in [4.69, 9.17) is 0 Å². The third kappa shape index (κ3) is 1.62. The van der Waals surface area contributed by atoms with Crippen molar-refractivity contribution < 1.29 is 9.28 Å². The molecule has 2 amide bonds. The normalized spacial score (nSPS) is 18.8. The Balaban J connectivity index is 2.50. The van der Waals surface area contributed by atoms with E-state index in [0.29, 0.717) is 0 Å². The molecule has 1 heterocycles. The van der Waals surface area contributed by atoms with Gasteiger partial charge in [0.1, 0.15) is 5.70 Å². The highest BCUT2D eigenvalue weighted by molar-refractivity contribution is 5.95. The second kappa shape index (κ2) is 3.44. The van der Waals surface area contributed by atoms with Gasteiger partial charge in [0.2, 0.25) is 0 Å². The van der Waals surface area contributed by atoms with Crippen LogP contribution in [0.3, 0.4) is 0 Å². The molecule has 1 aliphatic heterocycles. The van der Waals surface area contributed by atoms with Gasteiger partial charge in [0.15, 0.2) is 0 Å². The Hall–Kier alpha value is -1.74. The number of nitrogens with zero attached hydrogens (tertiary/aromatic N) is 2. The minimum Gasteiger partial charge on any atom is -0.211 e. The van der Waals surface area contributed by atoms with E-state index >= 15 is 0 Å². The molecule has 76 valence electrons. The number of allylic oxidation sites excluding steroid dienone is 1. The smallest absolute Gasteiger partial charge is 0.211 e. The zero-order valence-electron chi connectivity index (χ0n) is 8.84. The molecule has 2 rings (SSSR count). The zero-order chi connectivity index (χ0) is 10.9. The molecule has 3 heteroatoms. The van der Waals surface area contributed by atoms with Crippen molar-refractivity contribution in [1.82, 2.24) is 0 Å². The number of benzene rings is 1. The number of urea groups is 1. The van der Waals surface area contributed by atoms with E-state index in [1.807, 2.05) is 50.5 Å². The number of hydrogen-bond donors (Lipinski definition) is 0. The maximum Gasteiger partial charge on any atom is 0.447 e. The van der Waals surface area contributed by atoms with Crippen molar-refractivity contribution >= 4 is 17.9 Å². The minimum absolute atomic E-state index is 0.142. The molecule has 0 N–H and O–H groups in total. The molecule has 0 aliphatic carbocycles. The molecule has 0 saturated heterocycles. The second-order valence-electron chi connectivity index (χ2n) is 3.93. The number of quaternary nitrogens is 1. The summed E-state index contributed by atoms with van der Waals surface area (Å²) in [5.74, 6) is 0. The molecule has 0 fully saturated rings. The van der Waals surface area contributed by atoms with Crippen molar-refractivity contribution in [3.8, 4) is 0 Å². The highest BCUT2D eigenvalue weighted by Gasteiger charge is 2.34. The van der Waals surface area contributed by atoms with Crippen LogP contribution in [0, 0.1) is 0 Å². The van der Waals surface area contributed by atoms with Crippen LogP contribution in [0.25, 0.3) is 5.70 Å². The van der Waals surface area contributed by atoms with Crippen LogP contribution >= 0.6 is 0 Å². The predicted octanol–water partition coefficient (Wildman–Crippen LogP) is 2.31. The quantitative estimate of drug-likeness (QED) is 0.641. The predicted molar refractivity (Wildman–Crippen MR) is 60.4 cm³/mol. The summed E-state index contributed by atoms with van der Waals surface area (Å²) in [7, 11) is 3.69. The highest BCUT2D eigenvalue weighted by Crippen LogP contribution is 2.26. The topological polar surface area (TPSA) is 29.4 Å². The van der Waals surface area contributed by atoms with Gasteiger partial charge in [-0.15, -0.1) is 0 Å². The fourth-order valence-electron chi connectivity index (χ4n) is 1.63. The molecule has 1 aliphatic rings. The second-order valence-corrected chi connectivity index (χ2v) is 3.93. The third-order valence-corrected chi connectivity index (χ3v) is 2.57. The molecule has 0 radical (unpaired) electrons. The number of hydrogen-bond acceptors (Lipinski definition) is 1. The fraction of sp³-hybridized carbons (Fsp3) is 0.167. The first kappa shape index (κ1) is 9.80. The summed E-state index contributed by atoms with van der Waals surface area (Å²) in [6.07, 6.45) is 3.45. The molecule has 0 saturated carbocycles. The fourth-order valence-corrected chi connectivity index (χ4v) is 1.63. The molecule has 1 aromatic carbocycles. The van der Waals surface area contributed by atoms with Crippen LogP contribution in [-0.4, -0.2) is 30.8 Å². The Labute approximate surface area is 89.0 Å². The monoisotopic (exact) mass is 201 g/mol. The summed E-state index contributed by atoms with van der Waals surface area (Å²) in [6.45, 7) is 0.